The molecule has 0 radical (unpaired) electrons. The van der Waals surface area contributed by atoms with Gasteiger partial charge in [0.05, 0.1) is 6.04 Å². The van der Waals surface area contributed by atoms with Crippen LogP contribution in [0.4, 0.5) is 8.78 Å². The summed E-state index contributed by atoms with van der Waals surface area (Å²) in [7, 11) is 0. The van der Waals surface area contributed by atoms with Gasteiger partial charge in [0, 0.05) is 24.1 Å². The topological polar surface area (TPSA) is 32.3 Å². The van der Waals surface area contributed by atoms with Gasteiger partial charge in [-0.05, 0) is 18.6 Å². The number of hydrogen-bond donors (Lipinski definition) is 1. The molecule has 2 rings (SSSR count). The minimum Gasteiger partial charge on any atom is -0.333 e. The van der Waals surface area contributed by atoms with Crippen LogP contribution in [0, 0.1) is 11.6 Å². The zero-order valence-corrected chi connectivity index (χ0v) is 12.1. The molecule has 0 unspecified atom stereocenters. The first-order valence-corrected chi connectivity index (χ1v) is 7.00. The maximum absolute atomic E-state index is 13.8. The molecule has 19 heavy (non-hydrogen) atoms. The summed E-state index contributed by atoms with van der Waals surface area (Å²) in [5.74, 6) is -2.23. The molecule has 3 nitrogen and oxygen atoms in total. The van der Waals surface area contributed by atoms with Gasteiger partial charge in [0.15, 0.2) is 0 Å². The molecule has 1 aromatic rings. The first-order valence-electron chi connectivity index (χ1n) is 6.20. The van der Waals surface area contributed by atoms with Crippen LogP contribution in [-0.4, -0.2) is 36.5 Å². The van der Waals surface area contributed by atoms with Crippen molar-refractivity contribution < 1.29 is 13.6 Å². The minimum absolute atomic E-state index is 0.0231. The van der Waals surface area contributed by atoms with Crippen LogP contribution in [0.15, 0.2) is 16.6 Å². The van der Waals surface area contributed by atoms with E-state index in [9.17, 15) is 13.6 Å². The van der Waals surface area contributed by atoms with Crippen molar-refractivity contribution in [2.75, 3.05) is 19.6 Å². The van der Waals surface area contributed by atoms with Crippen LogP contribution in [0.25, 0.3) is 0 Å². The van der Waals surface area contributed by atoms with E-state index in [4.69, 9.17) is 0 Å². The van der Waals surface area contributed by atoms with E-state index in [0.717, 1.165) is 18.6 Å². The Balaban J connectivity index is 2.31. The number of amides is 1. The van der Waals surface area contributed by atoms with E-state index in [1.54, 1.807) is 4.90 Å². The summed E-state index contributed by atoms with van der Waals surface area (Å²) < 4.78 is 27.9. The van der Waals surface area contributed by atoms with Gasteiger partial charge in [-0.15, -0.1) is 0 Å². The number of nitrogens with one attached hydrogen (secondary N) is 1. The van der Waals surface area contributed by atoms with Crippen molar-refractivity contribution in [1.82, 2.24) is 10.2 Å². The largest absolute Gasteiger partial charge is 0.333 e. The third-order valence-electron chi connectivity index (χ3n) is 3.15. The van der Waals surface area contributed by atoms with Crippen molar-refractivity contribution >= 4 is 21.8 Å². The molecule has 1 fully saturated rings. The van der Waals surface area contributed by atoms with Crippen molar-refractivity contribution in [3.8, 4) is 0 Å². The Bertz CT molecular complexity index is 469. The third kappa shape index (κ3) is 2.95. The second kappa shape index (κ2) is 5.96. The van der Waals surface area contributed by atoms with E-state index in [1.807, 2.05) is 6.92 Å². The van der Waals surface area contributed by atoms with E-state index in [0.29, 0.717) is 19.6 Å². The number of nitrogens with zero attached hydrogens (tertiary/aromatic N) is 1. The molecule has 1 heterocycles. The molecule has 0 aromatic heterocycles. The minimum atomic E-state index is -0.828. The molecule has 1 saturated heterocycles. The zero-order chi connectivity index (χ0) is 14.0. The molecule has 1 aliphatic heterocycles. The van der Waals surface area contributed by atoms with Crippen molar-refractivity contribution in [1.29, 1.82) is 0 Å². The van der Waals surface area contributed by atoms with Gasteiger partial charge in [0.25, 0.3) is 5.91 Å². The predicted octanol–water partition coefficient (Wildman–Crippen LogP) is 2.55. The lowest BCUT2D eigenvalue weighted by Gasteiger charge is -2.38. The predicted molar refractivity (Wildman–Crippen MR) is 72.0 cm³/mol. The van der Waals surface area contributed by atoms with E-state index in [-0.39, 0.29) is 10.5 Å². The van der Waals surface area contributed by atoms with Gasteiger partial charge in [0.1, 0.15) is 17.2 Å². The van der Waals surface area contributed by atoms with Crippen molar-refractivity contribution in [3.05, 3.63) is 33.8 Å². The highest BCUT2D eigenvalue weighted by Gasteiger charge is 2.31. The summed E-state index contributed by atoms with van der Waals surface area (Å²) in [6.07, 6.45) is 0.752. The molecule has 1 amide bonds. The molecule has 1 N–H and O–H groups in total. The van der Waals surface area contributed by atoms with E-state index in [2.05, 4.69) is 21.2 Å². The fraction of sp³-hybridized carbons (Fsp3) is 0.462. The second-order valence-electron chi connectivity index (χ2n) is 4.56. The Hall–Kier alpha value is -1.01. The summed E-state index contributed by atoms with van der Waals surface area (Å²) in [6.45, 7) is 3.78. The third-order valence-corrected chi connectivity index (χ3v) is 3.60. The van der Waals surface area contributed by atoms with Crippen LogP contribution < -0.4 is 5.32 Å². The highest BCUT2D eigenvalue weighted by atomic mass is 79.9. The highest BCUT2D eigenvalue weighted by Crippen LogP contribution is 2.22. The van der Waals surface area contributed by atoms with Crippen LogP contribution in [0.2, 0.25) is 0 Å². The first-order chi connectivity index (χ1) is 9.04. The van der Waals surface area contributed by atoms with Crippen LogP contribution in [0.5, 0.6) is 0 Å². The summed E-state index contributed by atoms with van der Waals surface area (Å²) in [5.41, 5.74) is -0.469. The van der Waals surface area contributed by atoms with Gasteiger partial charge in [-0.1, -0.05) is 22.9 Å². The molecule has 0 spiro atoms. The van der Waals surface area contributed by atoms with Gasteiger partial charge in [-0.2, -0.15) is 0 Å². The van der Waals surface area contributed by atoms with Gasteiger partial charge < -0.3 is 10.2 Å². The summed E-state index contributed by atoms with van der Waals surface area (Å²) in [5, 5.41) is 3.06. The van der Waals surface area contributed by atoms with Crippen LogP contribution in [0.3, 0.4) is 0 Å². The molecule has 0 bridgehead atoms. The number of carbonyl (C=O) groups excluding carboxylic acids is 1. The fourth-order valence-corrected chi connectivity index (χ4v) is 2.48. The van der Waals surface area contributed by atoms with Crippen LogP contribution in [-0.2, 0) is 0 Å². The van der Waals surface area contributed by atoms with Crippen molar-refractivity contribution in [2.45, 2.75) is 19.4 Å². The Kier molecular flexibility index (Phi) is 4.52. The van der Waals surface area contributed by atoms with Gasteiger partial charge >= 0.3 is 0 Å². The molecule has 6 heteroatoms. The Labute approximate surface area is 119 Å². The van der Waals surface area contributed by atoms with Crippen LogP contribution >= 0.6 is 15.9 Å². The normalized spacial score (nSPS) is 15.2. The molecule has 1 aliphatic rings. The lowest BCUT2D eigenvalue weighted by molar-refractivity contribution is 0.0606. The molecule has 104 valence electrons. The molecular formula is C13H15BrF2N2O. The molecule has 0 aliphatic carbocycles. The average Bonchev–Trinajstić information content (AvgIpc) is 2.24. The van der Waals surface area contributed by atoms with Gasteiger partial charge in [0.2, 0.25) is 0 Å². The number of halogens is 3. The zero-order valence-electron chi connectivity index (χ0n) is 10.5. The molecule has 0 saturated carbocycles. The molecular weight excluding hydrogens is 318 g/mol. The maximum Gasteiger partial charge on any atom is 0.260 e. The Morgan fingerprint density at radius 1 is 1.42 bits per heavy atom. The summed E-state index contributed by atoms with van der Waals surface area (Å²) in [4.78, 5) is 13.9. The SMILES string of the molecule is CCCN(C(=O)c1c(F)cc(Br)cc1F)C1CNC1. The molecule has 0 atom stereocenters. The Morgan fingerprint density at radius 2 is 2.00 bits per heavy atom. The van der Waals surface area contributed by atoms with Gasteiger partial charge in [-0.25, -0.2) is 8.78 Å². The standard InChI is InChI=1S/C13H15BrF2N2O/c1-2-3-18(9-6-17-7-9)13(19)12-10(15)4-8(14)5-11(12)16/h4-5,9,17H,2-3,6-7H2,1H3. The Morgan fingerprint density at radius 3 is 2.42 bits per heavy atom. The number of hydrogen-bond acceptors (Lipinski definition) is 2. The fourth-order valence-electron chi connectivity index (χ4n) is 2.07. The highest BCUT2D eigenvalue weighted by molar-refractivity contribution is 9.10. The van der Waals surface area contributed by atoms with E-state index in [1.165, 1.54) is 0 Å². The van der Waals surface area contributed by atoms with Crippen molar-refractivity contribution in [3.63, 3.8) is 0 Å². The quantitative estimate of drug-likeness (QED) is 0.919. The van der Waals surface area contributed by atoms with Gasteiger partial charge in [-0.3, -0.25) is 4.79 Å². The number of benzene rings is 1. The summed E-state index contributed by atoms with van der Waals surface area (Å²) >= 11 is 3.00. The molecule has 1 aromatic carbocycles. The monoisotopic (exact) mass is 332 g/mol. The second-order valence-corrected chi connectivity index (χ2v) is 5.47. The van der Waals surface area contributed by atoms with E-state index < -0.39 is 23.1 Å². The lowest BCUT2D eigenvalue weighted by Crippen LogP contribution is -2.59. The average molecular weight is 333 g/mol. The summed E-state index contributed by atoms with van der Waals surface area (Å²) in [6, 6.07) is 2.24. The lowest BCUT2D eigenvalue weighted by atomic mass is 10.1. The maximum atomic E-state index is 13.8. The van der Waals surface area contributed by atoms with Crippen molar-refractivity contribution in [2.24, 2.45) is 0 Å². The smallest absolute Gasteiger partial charge is 0.260 e. The van der Waals surface area contributed by atoms with E-state index >= 15 is 0 Å². The number of rotatable bonds is 4. The van der Waals surface area contributed by atoms with Crippen LogP contribution in [0.1, 0.15) is 23.7 Å². The first kappa shape index (κ1) is 14.4. The number of carbonyl (C=O) groups is 1.